The number of nitro benzene ring substituents is 1. The van der Waals surface area contributed by atoms with Gasteiger partial charge < -0.3 is 11.1 Å². The van der Waals surface area contributed by atoms with Crippen molar-refractivity contribution in [1.82, 2.24) is 5.32 Å². The molecule has 3 N–H and O–H groups in total. The fourth-order valence-electron chi connectivity index (χ4n) is 2.25. The van der Waals surface area contributed by atoms with Crippen LogP contribution < -0.4 is 11.1 Å². The number of amides is 1. The SMILES string of the molecule is CC1(CNC(=O)c2cccc([N+](=O)[O-])c2N)CCCS1. The number of benzene rings is 1. The van der Waals surface area contributed by atoms with E-state index in [4.69, 9.17) is 5.73 Å². The van der Waals surface area contributed by atoms with Crippen molar-refractivity contribution in [3.8, 4) is 0 Å². The summed E-state index contributed by atoms with van der Waals surface area (Å²) < 4.78 is 0.0468. The van der Waals surface area contributed by atoms with Gasteiger partial charge in [0.25, 0.3) is 11.6 Å². The molecule has 0 radical (unpaired) electrons. The number of thioether (sulfide) groups is 1. The lowest BCUT2D eigenvalue weighted by Gasteiger charge is -2.23. The molecule has 1 aliphatic heterocycles. The number of carbonyl (C=O) groups is 1. The molecular formula is C13H17N3O3S. The minimum Gasteiger partial charge on any atom is -0.393 e. The number of rotatable bonds is 4. The van der Waals surface area contributed by atoms with Crippen LogP contribution in [0.2, 0.25) is 0 Å². The van der Waals surface area contributed by atoms with Crippen molar-refractivity contribution < 1.29 is 9.72 Å². The van der Waals surface area contributed by atoms with Crippen LogP contribution in [0.3, 0.4) is 0 Å². The fraction of sp³-hybridized carbons (Fsp3) is 0.462. The summed E-state index contributed by atoms with van der Waals surface area (Å²) in [6.07, 6.45) is 2.21. The zero-order chi connectivity index (χ0) is 14.8. The highest BCUT2D eigenvalue weighted by Gasteiger charge is 2.30. The largest absolute Gasteiger partial charge is 0.393 e. The zero-order valence-corrected chi connectivity index (χ0v) is 12.0. The van der Waals surface area contributed by atoms with Crippen molar-refractivity contribution in [2.75, 3.05) is 18.0 Å². The Morgan fingerprint density at radius 1 is 1.60 bits per heavy atom. The van der Waals surface area contributed by atoms with Gasteiger partial charge in [-0.05, 0) is 31.6 Å². The van der Waals surface area contributed by atoms with E-state index in [1.807, 2.05) is 11.8 Å². The number of nitrogens with one attached hydrogen (secondary N) is 1. The zero-order valence-electron chi connectivity index (χ0n) is 11.2. The fourth-order valence-corrected chi connectivity index (χ4v) is 3.49. The van der Waals surface area contributed by atoms with Crippen LogP contribution in [0.1, 0.15) is 30.1 Å². The number of nitrogens with zero attached hydrogens (tertiary/aromatic N) is 1. The number of nitrogens with two attached hydrogens (primary N) is 1. The Morgan fingerprint density at radius 2 is 2.35 bits per heavy atom. The molecule has 108 valence electrons. The number of hydrogen-bond donors (Lipinski definition) is 2. The molecule has 7 heteroatoms. The number of nitrogen functional groups attached to an aromatic ring is 1. The van der Waals surface area contributed by atoms with Gasteiger partial charge >= 0.3 is 0 Å². The Kier molecular flexibility index (Phi) is 4.17. The minimum absolute atomic E-state index is 0.0468. The second-order valence-corrected chi connectivity index (χ2v) is 6.76. The van der Waals surface area contributed by atoms with Crippen molar-refractivity contribution in [3.05, 3.63) is 33.9 Å². The first kappa shape index (κ1) is 14.6. The standard InChI is InChI=1S/C13H17N3O3S/c1-13(6-3-7-20-13)8-15-12(17)9-4-2-5-10(11(9)14)16(18)19/h2,4-5H,3,6-8,14H2,1H3,(H,15,17). The number of nitro groups is 1. The van der Waals surface area contributed by atoms with Crippen LogP contribution in [0.5, 0.6) is 0 Å². The molecule has 1 amide bonds. The van der Waals surface area contributed by atoms with E-state index in [2.05, 4.69) is 12.2 Å². The van der Waals surface area contributed by atoms with Gasteiger partial charge in [0.2, 0.25) is 0 Å². The van der Waals surface area contributed by atoms with Gasteiger partial charge in [-0.1, -0.05) is 6.07 Å². The Balaban J connectivity index is 2.09. The van der Waals surface area contributed by atoms with E-state index >= 15 is 0 Å². The van der Waals surface area contributed by atoms with Gasteiger partial charge in [0.15, 0.2) is 0 Å². The molecule has 1 unspecified atom stereocenters. The van der Waals surface area contributed by atoms with Crippen LogP contribution in [-0.2, 0) is 0 Å². The third-order valence-corrected chi connectivity index (χ3v) is 4.99. The van der Waals surface area contributed by atoms with E-state index in [-0.39, 0.29) is 27.6 Å². The highest BCUT2D eigenvalue weighted by atomic mass is 32.2. The third-order valence-electron chi connectivity index (χ3n) is 3.45. The first-order valence-electron chi connectivity index (χ1n) is 6.38. The maximum Gasteiger partial charge on any atom is 0.292 e. The Morgan fingerprint density at radius 3 is 2.95 bits per heavy atom. The monoisotopic (exact) mass is 295 g/mol. The molecule has 2 rings (SSSR count). The molecular weight excluding hydrogens is 278 g/mol. The van der Waals surface area contributed by atoms with Crippen molar-refractivity contribution in [3.63, 3.8) is 0 Å². The predicted octanol–water partition coefficient (Wildman–Crippen LogP) is 2.19. The van der Waals surface area contributed by atoms with Crippen molar-refractivity contribution in [2.45, 2.75) is 24.5 Å². The maximum absolute atomic E-state index is 12.1. The molecule has 1 fully saturated rings. The van der Waals surface area contributed by atoms with Crippen LogP contribution in [0.4, 0.5) is 11.4 Å². The average molecular weight is 295 g/mol. The molecule has 1 aromatic carbocycles. The summed E-state index contributed by atoms with van der Waals surface area (Å²) in [6.45, 7) is 2.65. The smallest absolute Gasteiger partial charge is 0.292 e. The molecule has 20 heavy (non-hydrogen) atoms. The van der Waals surface area contributed by atoms with Crippen LogP contribution in [0.15, 0.2) is 18.2 Å². The van der Waals surface area contributed by atoms with Gasteiger partial charge in [0.1, 0.15) is 5.69 Å². The van der Waals surface area contributed by atoms with Gasteiger partial charge in [-0.2, -0.15) is 11.8 Å². The topological polar surface area (TPSA) is 98.3 Å². The quantitative estimate of drug-likeness (QED) is 0.504. The van der Waals surface area contributed by atoms with Gasteiger partial charge in [-0.3, -0.25) is 14.9 Å². The highest BCUT2D eigenvalue weighted by Crippen LogP contribution is 2.37. The number of carbonyl (C=O) groups excluding carboxylic acids is 1. The van der Waals surface area contributed by atoms with Crippen molar-refractivity contribution in [2.24, 2.45) is 0 Å². The van der Waals surface area contributed by atoms with Crippen LogP contribution in [0.25, 0.3) is 0 Å². The molecule has 1 heterocycles. The van der Waals surface area contributed by atoms with E-state index < -0.39 is 4.92 Å². The lowest BCUT2D eigenvalue weighted by molar-refractivity contribution is -0.383. The van der Waals surface area contributed by atoms with Gasteiger partial charge in [0, 0.05) is 17.4 Å². The molecule has 0 saturated carbocycles. The second-order valence-electron chi connectivity index (χ2n) is 5.08. The van der Waals surface area contributed by atoms with Crippen molar-refractivity contribution in [1.29, 1.82) is 0 Å². The highest BCUT2D eigenvalue weighted by molar-refractivity contribution is 8.00. The first-order valence-corrected chi connectivity index (χ1v) is 7.36. The number of para-hydroxylation sites is 1. The summed E-state index contributed by atoms with van der Waals surface area (Å²) in [5.74, 6) is 0.741. The van der Waals surface area contributed by atoms with Crippen LogP contribution >= 0.6 is 11.8 Å². The summed E-state index contributed by atoms with van der Waals surface area (Å²) in [5, 5.41) is 13.6. The lowest BCUT2D eigenvalue weighted by Crippen LogP contribution is -2.37. The summed E-state index contributed by atoms with van der Waals surface area (Å²) in [7, 11) is 0. The molecule has 1 atom stereocenters. The molecule has 0 spiro atoms. The number of anilines is 1. The predicted molar refractivity (Wildman–Crippen MR) is 79.9 cm³/mol. The lowest BCUT2D eigenvalue weighted by atomic mass is 10.1. The van der Waals surface area contributed by atoms with Crippen LogP contribution in [0, 0.1) is 10.1 Å². The third kappa shape index (κ3) is 3.04. The summed E-state index contributed by atoms with van der Waals surface area (Å²) in [4.78, 5) is 22.3. The Labute approximate surface area is 121 Å². The molecule has 1 aliphatic rings. The number of hydrogen-bond acceptors (Lipinski definition) is 5. The maximum atomic E-state index is 12.1. The summed E-state index contributed by atoms with van der Waals surface area (Å²) >= 11 is 1.84. The average Bonchev–Trinajstić information content (AvgIpc) is 2.83. The normalized spacial score (nSPS) is 21.6. The summed E-state index contributed by atoms with van der Waals surface area (Å²) in [6, 6.07) is 4.26. The molecule has 6 nitrogen and oxygen atoms in total. The van der Waals surface area contributed by atoms with Crippen molar-refractivity contribution >= 4 is 29.0 Å². The van der Waals surface area contributed by atoms with E-state index in [9.17, 15) is 14.9 Å². The molecule has 0 bridgehead atoms. The second kappa shape index (κ2) is 5.70. The molecule has 1 aromatic rings. The molecule has 0 aromatic heterocycles. The van der Waals surface area contributed by atoms with Crippen LogP contribution in [-0.4, -0.2) is 27.9 Å². The van der Waals surface area contributed by atoms with E-state index in [0.29, 0.717) is 6.54 Å². The summed E-state index contributed by atoms with van der Waals surface area (Å²) in [5.41, 5.74) is 5.53. The van der Waals surface area contributed by atoms with E-state index in [0.717, 1.165) is 18.6 Å². The first-order chi connectivity index (χ1) is 9.43. The van der Waals surface area contributed by atoms with Gasteiger partial charge in [0.05, 0.1) is 10.5 Å². The Hall–Kier alpha value is -1.76. The van der Waals surface area contributed by atoms with Gasteiger partial charge in [-0.15, -0.1) is 0 Å². The minimum atomic E-state index is -0.583. The molecule has 0 aliphatic carbocycles. The van der Waals surface area contributed by atoms with E-state index in [1.54, 1.807) is 0 Å². The molecule has 1 saturated heterocycles. The Bertz CT molecular complexity index is 542. The van der Waals surface area contributed by atoms with Gasteiger partial charge in [-0.25, -0.2) is 0 Å². The van der Waals surface area contributed by atoms with E-state index in [1.165, 1.54) is 18.2 Å².